The third-order valence-corrected chi connectivity index (χ3v) is 2.87. The number of nitrogens with one attached hydrogen (secondary N) is 1. The van der Waals surface area contributed by atoms with Gasteiger partial charge in [-0.05, 0) is 18.2 Å². The van der Waals surface area contributed by atoms with Crippen LogP contribution in [0.25, 0.3) is 0 Å². The summed E-state index contributed by atoms with van der Waals surface area (Å²) in [5.74, 6) is 0.591. The molecule has 1 N–H and O–H groups in total. The van der Waals surface area contributed by atoms with Crippen LogP contribution in [-0.2, 0) is 19.8 Å². The predicted molar refractivity (Wildman–Crippen MR) is 64.8 cm³/mol. The molecule has 1 aromatic heterocycles. The standard InChI is InChI=1S/C11H10ClF3N4/c1-19-6-17-18-10(19)5-16-9-4-7(11(13,14)15)2-3-8(9)12/h2-4,6,16H,5H2,1H3. The Labute approximate surface area is 112 Å². The summed E-state index contributed by atoms with van der Waals surface area (Å²) in [5.41, 5.74) is -0.545. The zero-order valence-electron chi connectivity index (χ0n) is 9.87. The van der Waals surface area contributed by atoms with Gasteiger partial charge in [-0.1, -0.05) is 11.6 Å². The average Bonchev–Trinajstić information content (AvgIpc) is 2.72. The number of aromatic nitrogens is 3. The van der Waals surface area contributed by atoms with Gasteiger partial charge >= 0.3 is 6.18 Å². The zero-order valence-corrected chi connectivity index (χ0v) is 10.6. The summed E-state index contributed by atoms with van der Waals surface area (Å²) >= 11 is 5.85. The largest absolute Gasteiger partial charge is 0.416 e. The van der Waals surface area contributed by atoms with Crippen molar-refractivity contribution < 1.29 is 13.2 Å². The molecular weight excluding hydrogens is 281 g/mol. The monoisotopic (exact) mass is 290 g/mol. The van der Waals surface area contributed by atoms with Crippen LogP contribution in [0.2, 0.25) is 5.02 Å². The second-order valence-corrected chi connectivity index (χ2v) is 4.31. The summed E-state index contributed by atoms with van der Waals surface area (Å²) in [4.78, 5) is 0. The number of alkyl halides is 3. The van der Waals surface area contributed by atoms with Crippen molar-refractivity contribution in [3.8, 4) is 0 Å². The smallest absolute Gasteiger partial charge is 0.377 e. The Bertz CT molecular complexity index is 580. The van der Waals surface area contributed by atoms with E-state index in [0.29, 0.717) is 5.82 Å². The van der Waals surface area contributed by atoms with E-state index in [1.165, 1.54) is 12.4 Å². The molecule has 0 bridgehead atoms. The molecule has 19 heavy (non-hydrogen) atoms. The lowest BCUT2D eigenvalue weighted by Gasteiger charge is -2.12. The molecule has 0 spiro atoms. The Morgan fingerprint density at radius 1 is 1.37 bits per heavy atom. The summed E-state index contributed by atoms with van der Waals surface area (Å²) < 4.78 is 39.4. The summed E-state index contributed by atoms with van der Waals surface area (Å²) in [6.07, 6.45) is -2.89. The van der Waals surface area contributed by atoms with Gasteiger partial charge in [0.25, 0.3) is 0 Å². The first kappa shape index (κ1) is 13.7. The summed E-state index contributed by atoms with van der Waals surface area (Å²) in [5, 5.41) is 10.5. The fraction of sp³-hybridized carbons (Fsp3) is 0.273. The molecule has 0 saturated carbocycles. The number of rotatable bonds is 3. The minimum atomic E-state index is -4.40. The van der Waals surface area contributed by atoms with Crippen LogP contribution in [0.4, 0.5) is 18.9 Å². The number of nitrogens with zero attached hydrogens (tertiary/aromatic N) is 3. The first-order valence-corrected chi connectivity index (χ1v) is 5.69. The number of halogens is 4. The zero-order chi connectivity index (χ0) is 14.0. The lowest BCUT2D eigenvalue weighted by Crippen LogP contribution is -2.09. The number of hydrogen-bond donors (Lipinski definition) is 1. The van der Waals surface area contributed by atoms with Crippen LogP contribution in [0.15, 0.2) is 24.5 Å². The van der Waals surface area contributed by atoms with Gasteiger partial charge < -0.3 is 9.88 Å². The fourth-order valence-corrected chi connectivity index (χ4v) is 1.66. The molecule has 0 radical (unpaired) electrons. The second kappa shape index (κ2) is 5.08. The molecule has 0 aliphatic heterocycles. The van der Waals surface area contributed by atoms with Crippen molar-refractivity contribution in [1.82, 2.24) is 14.8 Å². The molecule has 2 aromatic rings. The highest BCUT2D eigenvalue weighted by Gasteiger charge is 2.30. The molecule has 0 aliphatic rings. The summed E-state index contributed by atoms with van der Waals surface area (Å²) in [7, 11) is 1.74. The number of aryl methyl sites for hydroxylation is 1. The van der Waals surface area contributed by atoms with Gasteiger partial charge in [-0.15, -0.1) is 10.2 Å². The van der Waals surface area contributed by atoms with Gasteiger partial charge in [0.1, 0.15) is 6.33 Å². The fourth-order valence-electron chi connectivity index (χ4n) is 1.48. The van der Waals surface area contributed by atoms with Gasteiger partial charge in [0.15, 0.2) is 5.82 Å². The molecule has 8 heteroatoms. The highest BCUT2D eigenvalue weighted by molar-refractivity contribution is 6.33. The first-order valence-electron chi connectivity index (χ1n) is 5.31. The van der Waals surface area contributed by atoms with E-state index in [-0.39, 0.29) is 17.3 Å². The minimum Gasteiger partial charge on any atom is -0.377 e. The van der Waals surface area contributed by atoms with E-state index in [9.17, 15) is 13.2 Å². The van der Waals surface area contributed by atoms with Crippen LogP contribution in [0.3, 0.4) is 0 Å². The van der Waals surface area contributed by atoms with Gasteiger partial charge in [0.2, 0.25) is 0 Å². The Balaban J connectivity index is 2.18. The summed E-state index contributed by atoms with van der Waals surface area (Å²) in [6.45, 7) is 0.234. The van der Waals surface area contributed by atoms with Crippen molar-refractivity contribution in [2.24, 2.45) is 7.05 Å². The van der Waals surface area contributed by atoms with Crippen LogP contribution >= 0.6 is 11.6 Å². The molecule has 0 atom stereocenters. The lowest BCUT2D eigenvalue weighted by atomic mass is 10.2. The molecule has 102 valence electrons. The van der Waals surface area contributed by atoms with Gasteiger partial charge in [-0.25, -0.2) is 0 Å². The maximum Gasteiger partial charge on any atom is 0.416 e. The predicted octanol–water partition coefficient (Wildman–Crippen LogP) is 3.10. The topological polar surface area (TPSA) is 42.7 Å². The maximum atomic E-state index is 12.6. The normalized spacial score (nSPS) is 11.6. The van der Waals surface area contributed by atoms with Gasteiger partial charge in [0, 0.05) is 7.05 Å². The third kappa shape index (κ3) is 3.17. The van der Waals surface area contributed by atoms with Crippen LogP contribution in [0, 0.1) is 0 Å². The van der Waals surface area contributed by atoms with E-state index >= 15 is 0 Å². The molecule has 2 rings (SSSR count). The summed E-state index contributed by atoms with van der Waals surface area (Å²) in [6, 6.07) is 3.12. The number of anilines is 1. The van der Waals surface area contributed by atoms with Crippen molar-refractivity contribution >= 4 is 17.3 Å². The van der Waals surface area contributed by atoms with E-state index in [4.69, 9.17) is 11.6 Å². The number of benzene rings is 1. The highest BCUT2D eigenvalue weighted by atomic mass is 35.5. The van der Waals surface area contributed by atoms with E-state index in [0.717, 1.165) is 12.1 Å². The molecular formula is C11H10ClF3N4. The van der Waals surface area contributed by atoms with Crippen molar-refractivity contribution in [1.29, 1.82) is 0 Å². The first-order chi connectivity index (χ1) is 8.88. The molecule has 0 aliphatic carbocycles. The Kier molecular flexibility index (Phi) is 3.66. The quantitative estimate of drug-likeness (QED) is 0.944. The van der Waals surface area contributed by atoms with E-state index in [1.807, 2.05) is 0 Å². The minimum absolute atomic E-state index is 0.208. The van der Waals surface area contributed by atoms with Crippen molar-refractivity contribution in [2.75, 3.05) is 5.32 Å². The Hall–Kier alpha value is -1.76. The SMILES string of the molecule is Cn1cnnc1CNc1cc(C(F)(F)F)ccc1Cl. The van der Waals surface area contributed by atoms with Crippen LogP contribution in [0.1, 0.15) is 11.4 Å². The number of hydrogen-bond acceptors (Lipinski definition) is 3. The molecule has 0 fully saturated rings. The van der Waals surface area contributed by atoms with Crippen LogP contribution < -0.4 is 5.32 Å². The molecule has 4 nitrogen and oxygen atoms in total. The molecule has 0 saturated heterocycles. The highest BCUT2D eigenvalue weighted by Crippen LogP contribution is 2.33. The average molecular weight is 291 g/mol. The maximum absolute atomic E-state index is 12.6. The van der Waals surface area contributed by atoms with Crippen LogP contribution in [0.5, 0.6) is 0 Å². The van der Waals surface area contributed by atoms with E-state index < -0.39 is 11.7 Å². The van der Waals surface area contributed by atoms with E-state index in [1.54, 1.807) is 11.6 Å². The van der Waals surface area contributed by atoms with Crippen LogP contribution in [-0.4, -0.2) is 14.8 Å². The van der Waals surface area contributed by atoms with Gasteiger partial charge in [0.05, 0.1) is 22.8 Å². The van der Waals surface area contributed by atoms with Crippen molar-refractivity contribution in [2.45, 2.75) is 12.7 Å². The van der Waals surface area contributed by atoms with Crippen molar-refractivity contribution in [3.05, 3.63) is 40.9 Å². The van der Waals surface area contributed by atoms with E-state index in [2.05, 4.69) is 15.5 Å². The lowest BCUT2D eigenvalue weighted by molar-refractivity contribution is -0.137. The molecule has 1 aromatic carbocycles. The second-order valence-electron chi connectivity index (χ2n) is 3.90. The Morgan fingerprint density at radius 2 is 2.11 bits per heavy atom. The van der Waals surface area contributed by atoms with Gasteiger partial charge in [-0.3, -0.25) is 0 Å². The molecule has 1 heterocycles. The Morgan fingerprint density at radius 3 is 2.68 bits per heavy atom. The molecule has 0 unspecified atom stereocenters. The molecule has 0 amide bonds. The third-order valence-electron chi connectivity index (χ3n) is 2.54. The van der Waals surface area contributed by atoms with Gasteiger partial charge in [-0.2, -0.15) is 13.2 Å². The van der Waals surface area contributed by atoms with Crippen molar-refractivity contribution in [3.63, 3.8) is 0 Å².